The van der Waals surface area contributed by atoms with E-state index in [4.69, 9.17) is 4.74 Å². The zero-order chi connectivity index (χ0) is 13.7. The van der Waals surface area contributed by atoms with Crippen LogP contribution in [0.25, 0.3) is 0 Å². The fraction of sp³-hybridized carbons (Fsp3) is 0.533. The first-order valence-electron chi connectivity index (χ1n) is 6.88. The molecule has 1 saturated heterocycles. The van der Waals surface area contributed by atoms with Crippen molar-refractivity contribution in [2.75, 3.05) is 31.6 Å². The minimum atomic E-state index is 0.142. The molecule has 1 fully saturated rings. The van der Waals surface area contributed by atoms with Gasteiger partial charge in [0.2, 0.25) is 5.91 Å². The second-order valence-corrected chi connectivity index (χ2v) is 4.96. The smallest absolute Gasteiger partial charge is 0.219 e. The minimum absolute atomic E-state index is 0.142. The van der Waals surface area contributed by atoms with Gasteiger partial charge in [0.1, 0.15) is 5.75 Å². The molecule has 1 unspecified atom stereocenters. The molecule has 2 rings (SSSR count). The first-order chi connectivity index (χ1) is 9.22. The van der Waals surface area contributed by atoms with Crippen LogP contribution in [0.3, 0.4) is 0 Å². The average molecular weight is 262 g/mol. The lowest BCUT2D eigenvalue weighted by Gasteiger charge is -2.19. The highest BCUT2D eigenvalue weighted by molar-refractivity contribution is 5.75. The predicted molar refractivity (Wildman–Crippen MR) is 76.6 cm³/mol. The molecule has 0 saturated carbocycles. The molecule has 1 atom stereocenters. The maximum absolute atomic E-state index is 11.3. The van der Waals surface area contributed by atoms with Crippen molar-refractivity contribution in [2.45, 2.75) is 19.8 Å². The van der Waals surface area contributed by atoms with Crippen molar-refractivity contribution in [3.05, 3.63) is 24.3 Å². The number of amides is 1. The lowest BCUT2D eigenvalue weighted by molar-refractivity contribution is -0.120. The average Bonchev–Trinajstić information content (AvgIpc) is 2.93. The van der Waals surface area contributed by atoms with Crippen molar-refractivity contribution in [3.63, 3.8) is 0 Å². The Balaban J connectivity index is 1.85. The topological polar surface area (TPSA) is 41.6 Å². The van der Waals surface area contributed by atoms with E-state index in [-0.39, 0.29) is 5.91 Å². The summed E-state index contributed by atoms with van der Waals surface area (Å²) < 4.78 is 5.16. The number of nitrogens with zero attached hydrogens (tertiary/aromatic N) is 1. The van der Waals surface area contributed by atoms with Crippen LogP contribution in [0.1, 0.15) is 19.8 Å². The van der Waals surface area contributed by atoms with Crippen LogP contribution in [0.2, 0.25) is 0 Å². The molecule has 104 valence electrons. The van der Waals surface area contributed by atoms with Crippen LogP contribution in [0, 0.1) is 5.92 Å². The molecule has 1 aliphatic heterocycles. The van der Waals surface area contributed by atoms with Gasteiger partial charge in [-0.05, 0) is 36.6 Å². The van der Waals surface area contributed by atoms with Gasteiger partial charge in [-0.2, -0.15) is 0 Å². The van der Waals surface area contributed by atoms with Crippen molar-refractivity contribution in [2.24, 2.45) is 5.92 Å². The Bertz CT molecular complexity index is 417. The van der Waals surface area contributed by atoms with E-state index >= 15 is 0 Å². The Kier molecular flexibility index (Phi) is 4.66. The number of rotatable bonds is 5. The molecule has 1 heterocycles. The molecule has 1 amide bonds. The summed E-state index contributed by atoms with van der Waals surface area (Å²) in [5.41, 5.74) is 1.23. The molecule has 0 spiro atoms. The Morgan fingerprint density at radius 1 is 1.42 bits per heavy atom. The zero-order valence-electron chi connectivity index (χ0n) is 11.7. The minimum Gasteiger partial charge on any atom is -0.497 e. The van der Waals surface area contributed by atoms with Gasteiger partial charge in [0.05, 0.1) is 7.11 Å². The van der Waals surface area contributed by atoms with Gasteiger partial charge >= 0.3 is 0 Å². The van der Waals surface area contributed by atoms with Crippen LogP contribution in [0.4, 0.5) is 5.69 Å². The highest BCUT2D eigenvalue weighted by Gasteiger charge is 2.22. The van der Waals surface area contributed by atoms with Gasteiger partial charge in [0.15, 0.2) is 0 Å². The van der Waals surface area contributed by atoms with Crippen LogP contribution in [-0.4, -0.2) is 32.7 Å². The maximum atomic E-state index is 11.3. The van der Waals surface area contributed by atoms with E-state index in [1.54, 1.807) is 7.11 Å². The Morgan fingerprint density at radius 3 is 2.79 bits per heavy atom. The molecular formula is C15H22N2O2. The summed E-state index contributed by atoms with van der Waals surface area (Å²) in [6.45, 7) is 4.74. The van der Waals surface area contributed by atoms with Crippen molar-refractivity contribution < 1.29 is 9.53 Å². The molecule has 4 nitrogen and oxygen atoms in total. The number of anilines is 1. The largest absolute Gasteiger partial charge is 0.497 e. The standard InChI is InChI=1S/C15H22N2O2/c1-3-15(18)16-10-12-8-9-17(11-12)13-4-6-14(19-2)7-5-13/h4-7,12H,3,8-11H2,1-2H3,(H,16,18). The van der Waals surface area contributed by atoms with Crippen LogP contribution in [0.15, 0.2) is 24.3 Å². The van der Waals surface area contributed by atoms with Crippen molar-refractivity contribution in [1.82, 2.24) is 5.32 Å². The summed E-state index contributed by atoms with van der Waals surface area (Å²) in [6.07, 6.45) is 1.70. The second-order valence-electron chi connectivity index (χ2n) is 4.96. The third-order valence-corrected chi connectivity index (χ3v) is 3.63. The lowest BCUT2D eigenvalue weighted by atomic mass is 10.1. The van der Waals surface area contributed by atoms with Crippen LogP contribution in [-0.2, 0) is 4.79 Å². The molecule has 1 aromatic carbocycles. The zero-order valence-corrected chi connectivity index (χ0v) is 11.7. The van der Waals surface area contributed by atoms with E-state index in [0.717, 1.165) is 31.8 Å². The van der Waals surface area contributed by atoms with Crippen LogP contribution < -0.4 is 15.0 Å². The van der Waals surface area contributed by atoms with Crippen LogP contribution >= 0.6 is 0 Å². The summed E-state index contributed by atoms with van der Waals surface area (Å²) in [4.78, 5) is 13.6. The molecular weight excluding hydrogens is 240 g/mol. The van der Waals surface area contributed by atoms with Gasteiger partial charge in [-0.15, -0.1) is 0 Å². The van der Waals surface area contributed by atoms with E-state index in [2.05, 4.69) is 22.3 Å². The summed E-state index contributed by atoms with van der Waals surface area (Å²) >= 11 is 0. The summed E-state index contributed by atoms with van der Waals surface area (Å²) in [5.74, 6) is 1.58. The van der Waals surface area contributed by atoms with Gasteiger partial charge < -0.3 is 15.0 Å². The van der Waals surface area contributed by atoms with Crippen molar-refractivity contribution in [3.8, 4) is 5.75 Å². The monoisotopic (exact) mass is 262 g/mol. The summed E-state index contributed by atoms with van der Waals surface area (Å²) in [6, 6.07) is 8.15. The molecule has 19 heavy (non-hydrogen) atoms. The molecule has 1 aromatic rings. The quantitative estimate of drug-likeness (QED) is 0.883. The summed E-state index contributed by atoms with van der Waals surface area (Å²) in [7, 11) is 1.68. The molecule has 0 radical (unpaired) electrons. The number of hydrogen-bond donors (Lipinski definition) is 1. The van der Waals surface area contributed by atoms with E-state index in [0.29, 0.717) is 12.3 Å². The molecule has 4 heteroatoms. The molecule has 0 aromatic heterocycles. The first-order valence-corrected chi connectivity index (χ1v) is 6.88. The molecule has 0 bridgehead atoms. The van der Waals surface area contributed by atoms with E-state index < -0.39 is 0 Å². The molecule has 1 aliphatic rings. The summed E-state index contributed by atoms with van der Waals surface area (Å²) in [5, 5.41) is 2.98. The van der Waals surface area contributed by atoms with Crippen molar-refractivity contribution >= 4 is 11.6 Å². The Morgan fingerprint density at radius 2 is 2.16 bits per heavy atom. The van der Waals surface area contributed by atoms with E-state index in [9.17, 15) is 4.79 Å². The normalized spacial score (nSPS) is 18.4. The number of carbonyl (C=O) groups is 1. The molecule has 0 aliphatic carbocycles. The number of ether oxygens (including phenoxy) is 1. The third kappa shape index (κ3) is 3.63. The number of methoxy groups -OCH3 is 1. The van der Waals surface area contributed by atoms with Gasteiger partial charge in [-0.3, -0.25) is 4.79 Å². The van der Waals surface area contributed by atoms with E-state index in [1.807, 2.05) is 19.1 Å². The van der Waals surface area contributed by atoms with Gasteiger partial charge in [0, 0.05) is 31.7 Å². The highest BCUT2D eigenvalue weighted by atomic mass is 16.5. The number of benzene rings is 1. The Labute approximate surface area is 114 Å². The van der Waals surface area contributed by atoms with Crippen LogP contribution in [0.5, 0.6) is 5.75 Å². The lowest BCUT2D eigenvalue weighted by Crippen LogP contribution is -2.30. The highest BCUT2D eigenvalue weighted by Crippen LogP contribution is 2.25. The maximum Gasteiger partial charge on any atom is 0.219 e. The van der Waals surface area contributed by atoms with Gasteiger partial charge in [0.25, 0.3) is 0 Å². The fourth-order valence-corrected chi connectivity index (χ4v) is 2.41. The second kappa shape index (κ2) is 6.45. The first kappa shape index (κ1) is 13.7. The fourth-order valence-electron chi connectivity index (χ4n) is 2.41. The SMILES string of the molecule is CCC(=O)NCC1CCN(c2ccc(OC)cc2)C1. The molecule has 1 N–H and O–H groups in total. The van der Waals surface area contributed by atoms with Crippen molar-refractivity contribution in [1.29, 1.82) is 0 Å². The van der Waals surface area contributed by atoms with E-state index in [1.165, 1.54) is 5.69 Å². The number of hydrogen-bond acceptors (Lipinski definition) is 3. The Hall–Kier alpha value is -1.71. The third-order valence-electron chi connectivity index (χ3n) is 3.63. The predicted octanol–water partition coefficient (Wildman–Crippen LogP) is 2.05. The van der Waals surface area contributed by atoms with Gasteiger partial charge in [-0.25, -0.2) is 0 Å². The number of carbonyl (C=O) groups excluding carboxylic acids is 1. The number of nitrogens with one attached hydrogen (secondary N) is 1. The van der Waals surface area contributed by atoms with Gasteiger partial charge in [-0.1, -0.05) is 6.92 Å².